The molecule has 7 aromatic heterocycles. The van der Waals surface area contributed by atoms with E-state index in [2.05, 4.69) is 60.1 Å². The van der Waals surface area contributed by atoms with Crippen LogP contribution in [0.5, 0.6) is 0 Å². The van der Waals surface area contributed by atoms with Gasteiger partial charge >= 0.3 is 0 Å². The fourth-order valence-corrected chi connectivity index (χ4v) is 12.2. The molecule has 0 bridgehead atoms. The van der Waals surface area contributed by atoms with Crippen molar-refractivity contribution in [2.24, 2.45) is 0 Å². The smallest absolute Gasteiger partial charge is 0.157 e. The van der Waals surface area contributed by atoms with Crippen molar-refractivity contribution in [1.29, 1.82) is 0 Å². The molecule has 7 heterocycles. The Balaban J connectivity index is 1.00. The maximum absolute atomic E-state index is 5.31. The SMILES string of the molecule is C=c1c2ccc3c(=C)n4c5cc(CCCCCCCCCCCC)sc5nc4c4sc(c2c34)c2nc3sc(CCCCCCCCCCCC)cc3n12. The Morgan fingerprint density at radius 2 is 0.849 bits per heavy atom. The minimum atomic E-state index is 1.03. The van der Waals surface area contributed by atoms with Gasteiger partial charge in [-0.05, 0) is 37.8 Å². The lowest BCUT2D eigenvalue weighted by Gasteiger charge is -2.07. The molecule has 1 aromatic carbocycles. The lowest BCUT2D eigenvalue weighted by atomic mass is 10.0. The molecule has 280 valence electrons. The molecule has 0 aliphatic heterocycles. The van der Waals surface area contributed by atoms with E-state index in [1.807, 2.05) is 34.0 Å². The van der Waals surface area contributed by atoms with Gasteiger partial charge < -0.3 is 0 Å². The third-order valence-corrected chi connectivity index (χ3v) is 15.1. The van der Waals surface area contributed by atoms with Crippen LogP contribution in [0.4, 0.5) is 0 Å². The van der Waals surface area contributed by atoms with Gasteiger partial charge in [0.1, 0.15) is 9.66 Å². The van der Waals surface area contributed by atoms with E-state index < -0.39 is 0 Å². The van der Waals surface area contributed by atoms with E-state index in [0.29, 0.717) is 0 Å². The number of aromatic nitrogens is 4. The Morgan fingerprint density at radius 3 is 1.23 bits per heavy atom. The molecule has 0 saturated carbocycles. The number of benzene rings is 1. The average Bonchev–Trinajstić information content (AvgIpc) is 3.97. The minimum Gasteiger partial charge on any atom is -0.291 e. The molecular weight excluding hydrogens is 705 g/mol. The van der Waals surface area contributed by atoms with Crippen molar-refractivity contribution in [1.82, 2.24) is 18.8 Å². The van der Waals surface area contributed by atoms with E-state index in [4.69, 9.17) is 9.97 Å². The molecule has 0 fully saturated rings. The number of nitrogens with zero attached hydrogens (tertiary/aromatic N) is 4. The van der Waals surface area contributed by atoms with Crippen LogP contribution in [-0.4, -0.2) is 18.8 Å². The average molecular weight is 763 g/mol. The summed E-state index contributed by atoms with van der Waals surface area (Å²) in [6.45, 7) is 13.9. The second kappa shape index (κ2) is 16.8. The Hall–Kier alpha value is -3.00. The number of pyridine rings is 2. The van der Waals surface area contributed by atoms with E-state index >= 15 is 0 Å². The predicted octanol–water partition coefficient (Wildman–Crippen LogP) is 14.1. The normalized spacial score (nSPS) is 12.6. The van der Waals surface area contributed by atoms with Crippen molar-refractivity contribution in [2.45, 2.75) is 155 Å². The number of hydrogen-bond acceptors (Lipinski definition) is 5. The summed E-state index contributed by atoms with van der Waals surface area (Å²) in [5.41, 5.74) is 4.51. The monoisotopic (exact) mass is 762 g/mol. The van der Waals surface area contributed by atoms with Gasteiger partial charge in [0.2, 0.25) is 0 Å². The van der Waals surface area contributed by atoms with Crippen molar-refractivity contribution in [3.05, 3.63) is 44.7 Å². The fourth-order valence-electron chi connectivity index (χ4n) is 8.83. The predicted molar refractivity (Wildman–Crippen MR) is 238 cm³/mol. The Kier molecular flexibility index (Phi) is 11.7. The summed E-state index contributed by atoms with van der Waals surface area (Å²) in [6.07, 6.45) is 29.7. The number of imidazole rings is 2. The summed E-state index contributed by atoms with van der Waals surface area (Å²) in [5.74, 6) is 0. The highest BCUT2D eigenvalue weighted by molar-refractivity contribution is 7.27. The molecule has 0 N–H and O–H groups in total. The molecule has 0 atom stereocenters. The van der Waals surface area contributed by atoms with Crippen LogP contribution in [0.25, 0.3) is 76.1 Å². The van der Waals surface area contributed by atoms with Gasteiger partial charge in [0.05, 0.1) is 20.4 Å². The van der Waals surface area contributed by atoms with Crippen LogP contribution < -0.4 is 10.7 Å². The van der Waals surface area contributed by atoms with Crippen molar-refractivity contribution in [2.75, 3.05) is 0 Å². The van der Waals surface area contributed by atoms with E-state index in [1.54, 1.807) is 0 Å². The summed E-state index contributed by atoms with van der Waals surface area (Å²) < 4.78 is 7.16. The Morgan fingerprint density at radius 1 is 0.491 bits per heavy atom. The maximum atomic E-state index is 5.31. The topological polar surface area (TPSA) is 34.6 Å². The van der Waals surface area contributed by atoms with Crippen molar-refractivity contribution >= 4 is 110 Å². The number of fused-ring (bicyclic) bond motifs is 8. The second-order valence-corrected chi connectivity index (χ2v) is 19.0. The maximum Gasteiger partial charge on any atom is 0.157 e. The molecule has 0 unspecified atom stereocenters. The standard InChI is InChI=1S/C46H58N4S3/c1-5-7-9-11-13-15-17-19-21-23-25-33-29-37-45(51-33)47-43-41-39-35(31(3)49(37)43)27-28-36-32(4)50-38-30-34(26-24-22-20-18-16-14-12-10-8-6-2)52-46(38)48-44(50)42(53-41)40(36)39/h27-30H,3-26H2,1-2H3. The van der Waals surface area contributed by atoms with Gasteiger partial charge in [0.25, 0.3) is 0 Å². The molecule has 0 amide bonds. The first kappa shape index (κ1) is 36.9. The zero-order chi connectivity index (χ0) is 36.3. The van der Waals surface area contributed by atoms with Crippen molar-refractivity contribution in [3.63, 3.8) is 0 Å². The first-order valence-corrected chi connectivity index (χ1v) is 23.6. The van der Waals surface area contributed by atoms with Crippen LogP contribution >= 0.6 is 34.0 Å². The number of thiophene rings is 3. The molecule has 0 aliphatic carbocycles. The molecule has 4 nitrogen and oxygen atoms in total. The summed E-state index contributed by atoms with van der Waals surface area (Å²) in [4.78, 5) is 15.8. The highest BCUT2D eigenvalue weighted by Crippen LogP contribution is 2.44. The van der Waals surface area contributed by atoms with E-state index in [9.17, 15) is 0 Å². The third kappa shape index (κ3) is 7.27. The van der Waals surface area contributed by atoms with Crippen LogP contribution in [0.15, 0.2) is 24.3 Å². The quantitative estimate of drug-likeness (QED) is 0.0509. The fraction of sp³-hybridized carbons (Fsp3) is 0.522. The number of hydrogen-bond donors (Lipinski definition) is 0. The van der Waals surface area contributed by atoms with Crippen LogP contribution in [0.3, 0.4) is 0 Å². The summed E-state index contributed by atoms with van der Waals surface area (Å²) >= 11 is 5.61. The van der Waals surface area contributed by atoms with Crippen LogP contribution in [0.1, 0.15) is 152 Å². The second-order valence-electron chi connectivity index (χ2n) is 15.8. The van der Waals surface area contributed by atoms with Crippen LogP contribution in [0, 0.1) is 0 Å². The van der Waals surface area contributed by atoms with Gasteiger partial charge in [-0.25, -0.2) is 9.97 Å². The molecule has 7 heteroatoms. The largest absolute Gasteiger partial charge is 0.291 e. The lowest BCUT2D eigenvalue weighted by molar-refractivity contribution is 0.557. The van der Waals surface area contributed by atoms with Crippen LogP contribution in [0.2, 0.25) is 0 Å². The highest BCUT2D eigenvalue weighted by atomic mass is 32.1. The first-order valence-electron chi connectivity index (χ1n) is 21.1. The van der Waals surface area contributed by atoms with Gasteiger partial charge in [-0.15, -0.1) is 34.0 Å². The highest BCUT2D eigenvalue weighted by Gasteiger charge is 2.24. The zero-order valence-electron chi connectivity index (χ0n) is 32.3. The number of rotatable bonds is 22. The molecule has 8 rings (SSSR count). The molecular formula is C46H58N4S3. The summed E-state index contributed by atoms with van der Waals surface area (Å²) in [7, 11) is 0. The number of unbranched alkanes of at least 4 members (excludes halogenated alkanes) is 18. The van der Waals surface area contributed by atoms with E-state index in [0.717, 1.165) is 44.5 Å². The van der Waals surface area contributed by atoms with Crippen molar-refractivity contribution in [3.8, 4) is 0 Å². The molecule has 0 spiro atoms. The molecule has 53 heavy (non-hydrogen) atoms. The number of aryl methyl sites for hydroxylation is 2. The van der Waals surface area contributed by atoms with Crippen LogP contribution in [-0.2, 0) is 12.8 Å². The van der Waals surface area contributed by atoms with Gasteiger partial charge in [0, 0.05) is 42.0 Å². The summed E-state index contributed by atoms with van der Waals surface area (Å²) in [5, 5.41) is 7.05. The van der Waals surface area contributed by atoms with Gasteiger partial charge in [-0.2, -0.15) is 0 Å². The summed E-state index contributed by atoms with van der Waals surface area (Å²) in [6, 6.07) is 9.35. The minimum absolute atomic E-state index is 1.03. The molecule has 8 aromatic rings. The molecule has 0 radical (unpaired) electrons. The molecule has 0 saturated heterocycles. The first-order chi connectivity index (χ1) is 26.1. The third-order valence-electron chi connectivity index (χ3n) is 11.8. The van der Waals surface area contributed by atoms with E-state index in [1.165, 1.54) is 180 Å². The lowest BCUT2D eigenvalue weighted by Crippen LogP contribution is -2.14. The molecule has 0 aliphatic rings. The Bertz CT molecular complexity index is 2380. The Labute approximate surface area is 327 Å². The van der Waals surface area contributed by atoms with Gasteiger partial charge in [0.15, 0.2) is 11.3 Å². The van der Waals surface area contributed by atoms with Gasteiger partial charge in [-0.1, -0.05) is 155 Å². The van der Waals surface area contributed by atoms with Gasteiger partial charge in [-0.3, -0.25) is 8.80 Å². The zero-order valence-corrected chi connectivity index (χ0v) is 34.7. The van der Waals surface area contributed by atoms with Crippen molar-refractivity contribution < 1.29 is 0 Å². The van der Waals surface area contributed by atoms with E-state index in [-0.39, 0.29) is 0 Å².